The van der Waals surface area contributed by atoms with E-state index in [1.54, 1.807) is 7.11 Å². The van der Waals surface area contributed by atoms with Crippen molar-refractivity contribution >= 4 is 38.3 Å². The maximum absolute atomic E-state index is 6.66. The van der Waals surface area contributed by atoms with E-state index < -0.39 is 0 Å². The van der Waals surface area contributed by atoms with Gasteiger partial charge in [0.15, 0.2) is 0 Å². The lowest BCUT2D eigenvalue weighted by Gasteiger charge is -2.14. The molecule has 3 aromatic carbocycles. The van der Waals surface area contributed by atoms with Gasteiger partial charge in [0.25, 0.3) is 0 Å². The molecule has 0 aliphatic carbocycles. The third-order valence-corrected chi connectivity index (χ3v) is 4.72. The molecule has 106 valence electrons. The molecule has 0 saturated heterocycles. The molecule has 3 rings (SSSR count). The van der Waals surface area contributed by atoms with E-state index >= 15 is 0 Å². The average molecular weight is 362 g/mol. The van der Waals surface area contributed by atoms with E-state index in [2.05, 4.69) is 46.3 Å². The first kappa shape index (κ1) is 14.4. The van der Waals surface area contributed by atoms with Crippen molar-refractivity contribution in [3.8, 4) is 5.75 Å². The van der Waals surface area contributed by atoms with Gasteiger partial charge in [-0.2, -0.15) is 0 Å². The molecule has 0 spiro atoms. The maximum atomic E-state index is 6.66. The lowest BCUT2D eigenvalue weighted by Crippen LogP contribution is -1.95. The van der Waals surface area contributed by atoms with E-state index in [1.165, 1.54) is 10.8 Å². The zero-order valence-corrected chi connectivity index (χ0v) is 13.9. The molecule has 0 amide bonds. The second kappa shape index (κ2) is 6.08. The van der Waals surface area contributed by atoms with Gasteiger partial charge in [-0.3, -0.25) is 0 Å². The summed E-state index contributed by atoms with van der Waals surface area (Å²) in [5, 5.41) is 2.22. The minimum absolute atomic E-state index is 0.199. The first-order valence-electron chi connectivity index (χ1n) is 6.65. The average Bonchev–Trinajstić information content (AvgIpc) is 2.53. The summed E-state index contributed by atoms with van der Waals surface area (Å²) in [6.45, 7) is 0. The van der Waals surface area contributed by atoms with Crippen LogP contribution in [0.15, 0.2) is 65.1 Å². The number of fused-ring (bicyclic) bond motifs is 1. The monoisotopic (exact) mass is 360 g/mol. The predicted octanol–water partition coefficient (Wildman–Crippen LogP) is 5.94. The zero-order chi connectivity index (χ0) is 14.8. The van der Waals surface area contributed by atoms with Gasteiger partial charge in [-0.15, -0.1) is 11.6 Å². The summed E-state index contributed by atoms with van der Waals surface area (Å²) in [7, 11) is 1.66. The fraction of sp³-hybridized carbons (Fsp3) is 0.111. The van der Waals surface area contributed by atoms with Gasteiger partial charge < -0.3 is 4.74 Å². The Kier molecular flexibility index (Phi) is 4.18. The molecule has 3 heteroatoms. The van der Waals surface area contributed by atoms with Crippen LogP contribution in [0.3, 0.4) is 0 Å². The van der Waals surface area contributed by atoms with Gasteiger partial charge in [-0.1, -0.05) is 58.4 Å². The highest BCUT2D eigenvalue weighted by Gasteiger charge is 2.15. The molecule has 21 heavy (non-hydrogen) atoms. The molecule has 0 saturated carbocycles. The van der Waals surface area contributed by atoms with Crippen molar-refractivity contribution in [2.75, 3.05) is 7.11 Å². The van der Waals surface area contributed by atoms with Crippen molar-refractivity contribution < 1.29 is 4.74 Å². The smallest absolute Gasteiger partial charge is 0.120 e. The van der Waals surface area contributed by atoms with Crippen LogP contribution in [0.5, 0.6) is 5.75 Å². The molecule has 0 N–H and O–H groups in total. The number of hydrogen-bond donors (Lipinski definition) is 0. The van der Waals surface area contributed by atoms with Crippen molar-refractivity contribution in [2.45, 2.75) is 5.38 Å². The van der Waals surface area contributed by atoms with Crippen LogP contribution in [0.2, 0.25) is 0 Å². The second-order valence-electron chi connectivity index (χ2n) is 4.86. The Labute approximate surface area is 137 Å². The Morgan fingerprint density at radius 3 is 2.43 bits per heavy atom. The van der Waals surface area contributed by atoms with Crippen LogP contribution in [0, 0.1) is 0 Å². The van der Waals surface area contributed by atoms with E-state index in [1.807, 2.05) is 30.3 Å². The van der Waals surface area contributed by atoms with Crippen molar-refractivity contribution in [3.05, 3.63) is 76.3 Å². The molecular formula is C18H14BrClO. The number of halogens is 2. The summed E-state index contributed by atoms with van der Waals surface area (Å²) in [6.07, 6.45) is 0. The maximum Gasteiger partial charge on any atom is 0.120 e. The molecule has 0 heterocycles. The molecule has 3 aromatic rings. The van der Waals surface area contributed by atoms with E-state index in [4.69, 9.17) is 16.3 Å². The fourth-order valence-electron chi connectivity index (χ4n) is 2.39. The van der Waals surface area contributed by atoms with Gasteiger partial charge in [-0.05, 0) is 40.1 Å². The molecule has 0 aliphatic heterocycles. The summed E-state index contributed by atoms with van der Waals surface area (Å²) in [6, 6.07) is 20.5. The highest BCUT2D eigenvalue weighted by Crippen LogP contribution is 2.36. The number of hydrogen-bond acceptors (Lipinski definition) is 1. The highest BCUT2D eigenvalue weighted by atomic mass is 79.9. The van der Waals surface area contributed by atoms with Crippen molar-refractivity contribution in [1.82, 2.24) is 0 Å². The largest absolute Gasteiger partial charge is 0.497 e. The van der Waals surface area contributed by atoms with E-state index in [9.17, 15) is 0 Å². The van der Waals surface area contributed by atoms with E-state index in [0.29, 0.717) is 0 Å². The topological polar surface area (TPSA) is 9.23 Å². The molecule has 1 atom stereocenters. The second-order valence-corrected chi connectivity index (χ2v) is 6.15. The Morgan fingerprint density at radius 1 is 0.952 bits per heavy atom. The molecule has 1 unspecified atom stereocenters. The van der Waals surface area contributed by atoms with Gasteiger partial charge in [0.1, 0.15) is 5.75 Å². The number of benzene rings is 3. The van der Waals surface area contributed by atoms with E-state index in [0.717, 1.165) is 21.3 Å². The molecule has 0 aromatic heterocycles. The third kappa shape index (κ3) is 2.92. The van der Waals surface area contributed by atoms with E-state index in [-0.39, 0.29) is 5.38 Å². The van der Waals surface area contributed by atoms with Crippen LogP contribution in [0.4, 0.5) is 0 Å². The summed E-state index contributed by atoms with van der Waals surface area (Å²) in [5.74, 6) is 0.813. The van der Waals surface area contributed by atoms with Gasteiger partial charge >= 0.3 is 0 Å². The molecule has 0 bridgehead atoms. The lowest BCUT2D eigenvalue weighted by molar-refractivity contribution is 0.414. The Morgan fingerprint density at radius 2 is 1.71 bits per heavy atom. The van der Waals surface area contributed by atoms with Crippen LogP contribution < -0.4 is 4.74 Å². The Balaban J connectivity index is 2.01. The van der Waals surface area contributed by atoms with Crippen LogP contribution in [0.25, 0.3) is 10.8 Å². The van der Waals surface area contributed by atoms with Crippen molar-refractivity contribution in [1.29, 1.82) is 0 Å². The van der Waals surface area contributed by atoms with Gasteiger partial charge in [0, 0.05) is 4.47 Å². The minimum atomic E-state index is -0.199. The first-order valence-corrected chi connectivity index (χ1v) is 7.88. The number of ether oxygens (including phenoxy) is 1. The summed E-state index contributed by atoms with van der Waals surface area (Å²) in [4.78, 5) is 0. The summed E-state index contributed by atoms with van der Waals surface area (Å²) < 4.78 is 6.17. The highest BCUT2D eigenvalue weighted by molar-refractivity contribution is 9.10. The molecule has 0 fully saturated rings. The molecule has 0 aliphatic rings. The fourth-order valence-corrected chi connectivity index (χ4v) is 3.43. The van der Waals surface area contributed by atoms with Crippen molar-refractivity contribution in [2.24, 2.45) is 0 Å². The van der Waals surface area contributed by atoms with Crippen LogP contribution >= 0.6 is 27.5 Å². The van der Waals surface area contributed by atoms with Gasteiger partial charge in [0.05, 0.1) is 12.5 Å². The van der Waals surface area contributed by atoms with Crippen LogP contribution in [-0.2, 0) is 0 Å². The van der Waals surface area contributed by atoms with Gasteiger partial charge in [0.2, 0.25) is 0 Å². The third-order valence-electron chi connectivity index (χ3n) is 3.55. The molecular weight excluding hydrogens is 348 g/mol. The number of rotatable bonds is 3. The normalized spacial score (nSPS) is 12.3. The quantitative estimate of drug-likeness (QED) is 0.525. The lowest BCUT2D eigenvalue weighted by atomic mass is 10.0. The Hall–Kier alpha value is -1.51. The summed E-state index contributed by atoms with van der Waals surface area (Å²) in [5.41, 5.74) is 2.12. The van der Waals surface area contributed by atoms with Crippen LogP contribution in [-0.4, -0.2) is 7.11 Å². The SMILES string of the molecule is COc1ccc(C(Cl)c2ccc3ccccc3c2)c(Br)c1. The number of methoxy groups -OCH3 is 1. The zero-order valence-electron chi connectivity index (χ0n) is 11.5. The van der Waals surface area contributed by atoms with Crippen molar-refractivity contribution in [3.63, 3.8) is 0 Å². The predicted molar refractivity (Wildman–Crippen MR) is 92.3 cm³/mol. The van der Waals surface area contributed by atoms with Crippen LogP contribution in [0.1, 0.15) is 16.5 Å². The minimum Gasteiger partial charge on any atom is -0.497 e. The van der Waals surface area contributed by atoms with Gasteiger partial charge in [-0.25, -0.2) is 0 Å². The standard InChI is InChI=1S/C18H14BrClO/c1-21-15-8-9-16(17(19)11-15)18(20)14-7-6-12-4-2-3-5-13(12)10-14/h2-11,18H,1H3. The first-order chi connectivity index (χ1) is 10.2. The number of alkyl halides is 1. The molecule has 0 radical (unpaired) electrons. The summed E-state index contributed by atoms with van der Waals surface area (Å²) >= 11 is 10.2. The molecule has 1 nitrogen and oxygen atoms in total. The Bertz CT molecular complexity index is 785.